The van der Waals surface area contributed by atoms with E-state index in [1.54, 1.807) is 18.2 Å². The first-order valence-electron chi connectivity index (χ1n) is 10.7. The van der Waals surface area contributed by atoms with Crippen molar-refractivity contribution in [1.29, 1.82) is 10.5 Å². The Morgan fingerprint density at radius 3 is 2.25 bits per heavy atom. The van der Waals surface area contributed by atoms with E-state index in [-0.39, 0.29) is 11.9 Å². The molecule has 0 saturated carbocycles. The number of hydrogen-bond donors (Lipinski definition) is 0. The maximum atomic E-state index is 15.2. The van der Waals surface area contributed by atoms with Gasteiger partial charge >= 0.3 is 0 Å². The Balaban J connectivity index is 1.85. The molecule has 156 valence electrons. The Bertz CT molecular complexity index is 1310. The Hall–Kier alpha value is -3.89. The molecule has 32 heavy (non-hydrogen) atoms. The van der Waals surface area contributed by atoms with Gasteiger partial charge in [-0.2, -0.15) is 10.5 Å². The first kappa shape index (κ1) is 20.0. The Kier molecular flexibility index (Phi) is 4.61. The maximum Gasteiger partial charge on any atom is 0.177 e. The summed E-state index contributed by atoms with van der Waals surface area (Å²) in [5, 5.41) is 21.1. The topological polar surface area (TPSA) is 50.8 Å². The summed E-state index contributed by atoms with van der Waals surface area (Å²) in [6.07, 6.45) is 3.99. The quantitative estimate of drug-likeness (QED) is 0.487. The molecule has 4 heteroatoms. The van der Waals surface area contributed by atoms with Gasteiger partial charge < -0.3 is 4.90 Å². The highest BCUT2D eigenvalue weighted by molar-refractivity contribution is 5.61. The molecule has 3 atom stereocenters. The van der Waals surface area contributed by atoms with Gasteiger partial charge in [0.25, 0.3) is 0 Å². The maximum absolute atomic E-state index is 15.2. The van der Waals surface area contributed by atoms with Gasteiger partial charge in [0.1, 0.15) is 5.82 Å². The van der Waals surface area contributed by atoms with E-state index in [9.17, 15) is 10.5 Å². The third-order valence-electron chi connectivity index (χ3n) is 6.93. The number of nitriles is 2. The molecule has 0 aromatic heterocycles. The number of fused-ring (bicyclic) bond motifs is 3. The summed E-state index contributed by atoms with van der Waals surface area (Å²) in [5.41, 5.74) is 4.05. The Labute approximate surface area is 187 Å². The van der Waals surface area contributed by atoms with Crippen LogP contribution in [-0.4, -0.2) is 4.90 Å². The van der Waals surface area contributed by atoms with Crippen molar-refractivity contribution in [3.05, 3.63) is 112 Å². The first-order chi connectivity index (χ1) is 15.5. The lowest BCUT2D eigenvalue weighted by molar-refractivity contribution is 0.254. The lowest BCUT2D eigenvalue weighted by Gasteiger charge is -2.35. The molecule has 2 aliphatic heterocycles. The van der Waals surface area contributed by atoms with Gasteiger partial charge in [0.2, 0.25) is 0 Å². The normalized spacial score (nSPS) is 22.5. The van der Waals surface area contributed by atoms with Crippen LogP contribution < -0.4 is 0 Å². The van der Waals surface area contributed by atoms with Crippen LogP contribution in [0.5, 0.6) is 0 Å². The number of rotatable bonds is 2. The highest BCUT2D eigenvalue weighted by Gasteiger charge is 2.62. The molecule has 3 nitrogen and oxygen atoms in total. The average Bonchev–Trinajstić information content (AvgIpc) is 3.10. The molecule has 0 unspecified atom stereocenters. The van der Waals surface area contributed by atoms with Crippen LogP contribution in [0, 0.1) is 47.7 Å². The van der Waals surface area contributed by atoms with Crippen LogP contribution in [0.2, 0.25) is 0 Å². The molecular weight excluding hydrogens is 397 g/mol. The number of benzene rings is 3. The second-order valence-corrected chi connectivity index (χ2v) is 8.69. The molecule has 0 radical (unpaired) electrons. The summed E-state index contributed by atoms with van der Waals surface area (Å²) in [5.74, 6) is -1.06. The zero-order valence-electron chi connectivity index (χ0n) is 18.0. The molecule has 3 aromatic rings. The minimum absolute atomic E-state index is 0.360. The fourth-order valence-corrected chi connectivity index (χ4v) is 5.58. The van der Waals surface area contributed by atoms with Crippen molar-refractivity contribution in [3.63, 3.8) is 0 Å². The molecule has 2 heterocycles. The smallest absolute Gasteiger partial charge is 0.177 e. The fourth-order valence-electron chi connectivity index (χ4n) is 5.58. The van der Waals surface area contributed by atoms with E-state index in [0.29, 0.717) is 5.56 Å². The van der Waals surface area contributed by atoms with E-state index in [2.05, 4.69) is 29.2 Å². The molecule has 0 bridgehead atoms. The number of aryl methyl sites for hydroxylation is 2. The Morgan fingerprint density at radius 2 is 1.56 bits per heavy atom. The molecule has 0 amide bonds. The SMILES string of the molecule is Cc1ccc([C@@H]2[C@@H](c3ccccc3F)C(C#N)(C#N)[C@@H]3c4ccccc4C=CN23)c(C)c1. The van der Waals surface area contributed by atoms with Gasteiger partial charge in [-0.25, -0.2) is 4.39 Å². The van der Waals surface area contributed by atoms with Gasteiger partial charge in [0.05, 0.1) is 24.2 Å². The lowest BCUT2D eigenvalue weighted by atomic mass is 9.67. The average molecular weight is 420 g/mol. The minimum atomic E-state index is -1.47. The first-order valence-corrected chi connectivity index (χ1v) is 10.7. The van der Waals surface area contributed by atoms with Gasteiger partial charge in [0.15, 0.2) is 5.41 Å². The van der Waals surface area contributed by atoms with Crippen LogP contribution in [-0.2, 0) is 0 Å². The molecule has 1 fully saturated rings. The zero-order valence-corrected chi connectivity index (χ0v) is 18.0. The van der Waals surface area contributed by atoms with E-state index in [4.69, 9.17) is 0 Å². The molecule has 2 aliphatic rings. The van der Waals surface area contributed by atoms with Crippen molar-refractivity contribution in [1.82, 2.24) is 4.90 Å². The van der Waals surface area contributed by atoms with Crippen molar-refractivity contribution in [2.45, 2.75) is 31.8 Å². The molecule has 0 aliphatic carbocycles. The van der Waals surface area contributed by atoms with Gasteiger partial charge in [0, 0.05) is 12.1 Å². The van der Waals surface area contributed by atoms with Crippen LogP contribution in [0.4, 0.5) is 4.39 Å². The summed E-state index contributed by atoms with van der Waals surface area (Å²) < 4.78 is 15.2. The molecule has 0 spiro atoms. The predicted octanol–water partition coefficient (Wildman–Crippen LogP) is 6.34. The summed E-state index contributed by atoms with van der Waals surface area (Å²) in [7, 11) is 0. The Morgan fingerprint density at radius 1 is 0.875 bits per heavy atom. The highest BCUT2D eigenvalue weighted by Crippen LogP contribution is 2.64. The van der Waals surface area contributed by atoms with Crippen LogP contribution in [0.1, 0.15) is 51.4 Å². The lowest BCUT2D eigenvalue weighted by Crippen LogP contribution is -2.31. The summed E-state index contributed by atoms with van der Waals surface area (Å²) in [6.45, 7) is 4.07. The van der Waals surface area contributed by atoms with Gasteiger partial charge in [-0.15, -0.1) is 0 Å². The second kappa shape index (κ2) is 7.36. The van der Waals surface area contributed by atoms with Gasteiger partial charge in [-0.05, 0) is 53.8 Å². The largest absolute Gasteiger partial charge is 0.360 e. The van der Waals surface area contributed by atoms with E-state index in [1.807, 2.05) is 56.5 Å². The number of nitrogens with zero attached hydrogens (tertiary/aromatic N) is 3. The summed E-state index contributed by atoms with van der Waals surface area (Å²) in [6, 6.07) is 24.5. The van der Waals surface area contributed by atoms with Crippen molar-refractivity contribution >= 4 is 6.08 Å². The monoisotopic (exact) mass is 419 g/mol. The van der Waals surface area contributed by atoms with Gasteiger partial charge in [-0.1, -0.05) is 66.2 Å². The second-order valence-electron chi connectivity index (χ2n) is 8.69. The molecule has 1 saturated heterocycles. The number of hydrogen-bond acceptors (Lipinski definition) is 3. The molecule has 3 aromatic carbocycles. The summed E-state index contributed by atoms with van der Waals surface area (Å²) in [4.78, 5) is 2.10. The molecule has 5 rings (SSSR count). The van der Waals surface area contributed by atoms with Crippen LogP contribution >= 0.6 is 0 Å². The van der Waals surface area contributed by atoms with Crippen molar-refractivity contribution in [3.8, 4) is 12.1 Å². The van der Waals surface area contributed by atoms with Crippen LogP contribution in [0.15, 0.2) is 72.9 Å². The van der Waals surface area contributed by atoms with E-state index in [1.165, 1.54) is 6.07 Å². The summed E-state index contributed by atoms with van der Waals surface area (Å²) >= 11 is 0. The van der Waals surface area contributed by atoms with Crippen molar-refractivity contribution < 1.29 is 4.39 Å². The number of halogens is 1. The van der Waals surface area contributed by atoms with Crippen LogP contribution in [0.25, 0.3) is 6.08 Å². The fraction of sp³-hybridized carbons (Fsp3) is 0.214. The zero-order chi connectivity index (χ0) is 22.5. The third-order valence-corrected chi connectivity index (χ3v) is 6.93. The van der Waals surface area contributed by atoms with Crippen molar-refractivity contribution in [2.24, 2.45) is 5.41 Å². The standard InChI is InChI=1S/C28H22FN3/c1-18-11-12-21(19(2)15-18)26-25(23-9-5-6-10-24(23)29)28(16-30,17-31)27-22-8-4-3-7-20(22)13-14-32(26)27/h3-15,25-27H,1-2H3/t25-,26-,27+/m1/s1. The van der Waals surface area contributed by atoms with E-state index >= 15 is 4.39 Å². The molecule has 0 N–H and O–H groups in total. The minimum Gasteiger partial charge on any atom is -0.360 e. The highest BCUT2D eigenvalue weighted by atomic mass is 19.1. The van der Waals surface area contributed by atoms with E-state index in [0.717, 1.165) is 27.8 Å². The van der Waals surface area contributed by atoms with Crippen LogP contribution in [0.3, 0.4) is 0 Å². The van der Waals surface area contributed by atoms with Gasteiger partial charge in [-0.3, -0.25) is 0 Å². The van der Waals surface area contributed by atoms with E-state index < -0.39 is 17.4 Å². The van der Waals surface area contributed by atoms with Crippen molar-refractivity contribution in [2.75, 3.05) is 0 Å². The molecular formula is C28H22FN3. The predicted molar refractivity (Wildman–Crippen MR) is 122 cm³/mol. The third kappa shape index (κ3) is 2.70.